The van der Waals surface area contributed by atoms with Crippen LogP contribution < -0.4 is 0 Å². The van der Waals surface area contributed by atoms with Crippen LogP contribution in [0.5, 0.6) is 0 Å². The van der Waals surface area contributed by atoms with E-state index >= 15 is 0 Å². The summed E-state index contributed by atoms with van der Waals surface area (Å²) in [7, 11) is -3.92. The van der Waals surface area contributed by atoms with E-state index in [9.17, 15) is 22.3 Å². The summed E-state index contributed by atoms with van der Waals surface area (Å²) in [6.07, 6.45) is 1.63. The minimum Gasteiger partial charge on any atom is -0.393 e. The van der Waals surface area contributed by atoms with Crippen molar-refractivity contribution in [3.8, 4) is 0 Å². The average molecular weight is 303 g/mol. The van der Waals surface area contributed by atoms with Gasteiger partial charge in [-0.3, -0.25) is 0 Å². The number of benzene rings is 1. The molecule has 2 saturated heterocycles. The van der Waals surface area contributed by atoms with Crippen LogP contribution in [0.1, 0.15) is 25.7 Å². The molecule has 2 fully saturated rings. The van der Waals surface area contributed by atoms with Crippen molar-refractivity contribution in [3.63, 3.8) is 0 Å². The van der Waals surface area contributed by atoms with E-state index in [1.807, 2.05) is 0 Å². The highest BCUT2D eigenvalue weighted by Gasteiger charge is 2.46. The molecule has 1 aromatic carbocycles. The van der Waals surface area contributed by atoms with Gasteiger partial charge in [0.2, 0.25) is 10.0 Å². The van der Waals surface area contributed by atoms with Gasteiger partial charge in [0.05, 0.1) is 11.0 Å². The maximum Gasteiger partial charge on any atom is 0.243 e. The van der Waals surface area contributed by atoms with E-state index in [4.69, 9.17) is 0 Å². The minimum atomic E-state index is -3.92. The van der Waals surface area contributed by atoms with Crippen LogP contribution in [0.15, 0.2) is 23.1 Å². The maximum absolute atomic E-state index is 13.2. The van der Waals surface area contributed by atoms with Gasteiger partial charge in [0, 0.05) is 18.2 Å². The summed E-state index contributed by atoms with van der Waals surface area (Å²) in [5.41, 5.74) is 0. The Balaban J connectivity index is 2.00. The molecule has 2 bridgehead atoms. The number of sulfonamides is 1. The van der Waals surface area contributed by atoms with Crippen molar-refractivity contribution >= 4 is 10.0 Å². The predicted octanol–water partition coefficient (Wildman–Crippen LogP) is 1.64. The molecule has 2 atom stereocenters. The largest absolute Gasteiger partial charge is 0.393 e. The molecular formula is C13H15F2NO3S. The molecule has 0 amide bonds. The molecule has 3 rings (SSSR count). The highest BCUT2D eigenvalue weighted by atomic mass is 32.2. The van der Waals surface area contributed by atoms with Gasteiger partial charge >= 0.3 is 0 Å². The number of hydrogen-bond acceptors (Lipinski definition) is 3. The molecule has 0 aromatic heterocycles. The Kier molecular flexibility index (Phi) is 3.30. The van der Waals surface area contributed by atoms with Crippen molar-refractivity contribution in [2.75, 3.05) is 0 Å². The number of hydrogen-bond donors (Lipinski definition) is 1. The minimum absolute atomic E-state index is 0.278. The van der Waals surface area contributed by atoms with Crippen molar-refractivity contribution in [2.24, 2.45) is 0 Å². The monoisotopic (exact) mass is 303 g/mol. The third kappa shape index (κ3) is 2.23. The Bertz CT molecular complexity index is 600. The Hall–Kier alpha value is -1.05. The first-order chi connectivity index (χ1) is 9.38. The summed E-state index contributed by atoms with van der Waals surface area (Å²) in [5, 5.41) is 9.69. The molecule has 0 radical (unpaired) electrons. The lowest BCUT2D eigenvalue weighted by molar-refractivity contribution is 0.0768. The molecule has 0 spiro atoms. The summed E-state index contributed by atoms with van der Waals surface area (Å²) in [6, 6.07) is 1.76. The van der Waals surface area contributed by atoms with Crippen LogP contribution in [0.3, 0.4) is 0 Å². The van der Waals surface area contributed by atoms with Crippen LogP contribution in [-0.4, -0.2) is 36.0 Å². The molecule has 1 N–H and O–H groups in total. The summed E-state index contributed by atoms with van der Waals surface area (Å²) in [6.45, 7) is 0. The van der Waals surface area contributed by atoms with E-state index in [0.29, 0.717) is 31.7 Å². The van der Waals surface area contributed by atoms with Crippen LogP contribution in [0.25, 0.3) is 0 Å². The standard InChI is InChI=1S/C13H15F2NO3S/c14-8-3-9(15)5-13(4-8)20(18,19)16-10-1-2-11(16)7-12(17)6-10/h3-5,10-12,17H,1-2,6-7H2. The molecule has 7 heteroatoms. The van der Waals surface area contributed by atoms with Gasteiger partial charge in [-0.05, 0) is 37.8 Å². The van der Waals surface area contributed by atoms with Crippen LogP contribution >= 0.6 is 0 Å². The Labute approximate surface area is 116 Å². The van der Waals surface area contributed by atoms with E-state index in [-0.39, 0.29) is 17.0 Å². The first-order valence-corrected chi connectivity index (χ1v) is 7.99. The number of fused-ring (bicyclic) bond motifs is 2. The number of halogens is 2. The van der Waals surface area contributed by atoms with Gasteiger partial charge in [-0.1, -0.05) is 0 Å². The molecular weight excluding hydrogens is 288 g/mol. The van der Waals surface area contributed by atoms with Gasteiger partial charge in [0.1, 0.15) is 11.6 Å². The maximum atomic E-state index is 13.2. The smallest absolute Gasteiger partial charge is 0.243 e. The van der Waals surface area contributed by atoms with Gasteiger partial charge < -0.3 is 5.11 Å². The molecule has 2 aliphatic rings. The zero-order valence-corrected chi connectivity index (χ0v) is 11.5. The second kappa shape index (κ2) is 4.75. The zero-order chi connectivity index (χ0) is 14.5. The third-order valence-corrected chi connectivity index (χ3v) is 6.04. The van der Waals surface area contributed by atoms with Crippen molar-refractivity contribution in [2.45, 2.75) is 48.8 Å². The molecule has 2 unspecified atom stereocenters. The average Bonchev–Trinajstić information content (AvgIpc) is 2.62. The fourth-order valence-corrected chi connectivity index (χ4v) is 5.23. The van der Waals surface area contributed by atoms with Crippen LogP contribution in [-0.2, 0) is 10.0 Å². The lowest BCUT2D eigenvalue weighted by Crippen LogP contribution is -2.47. The number of nitrogens with zero attached hydrogens (tertiary/aromatic N) is 1. The summed E-state index contributed by atoms with van der Waals surface area (Å²) < 4.78 is 52.9. The lowest BCUT2D eigenvalue weighted by Gasteiger charge is -2.36. The van der Waals surface area contributed by atoms with E-state index in [1.54, 1.807) is 0 Å². The second-order valence-corrected chi connectivity index (χ2v) is 7.29. The van der Waals surface area contributed by atoms with Crippen molar-refractivity contribution in [1.29, 1.82) is 0 Å². The zero-order valence-electron chi connectivity index (χ0n) is 10.7. The summed E-state index contributed by atoms with van der Waals surface area (Å²) in [4.78, 5) is -0.358. The lowest BCUT2D eigenvalue weighted by atomic mass is 10.0. The molecule has 4 nitrogen and oxygen atoms in total. The van der Waals surface area contributed by atoms with Crippen molar-refractivity contribution in [3.05, 3.63) is 29.8 Å². The molecule has 2 aliphatic heterocycles. The first kappa shape index (κ1) is 13.9. The Morgan fingerprint density at radius 2 is 1.55 bits per heavy atom. The SMILES string of the molecule is O=S(=O)(c1cc(F)cc(F)c1)N1C2CCC1CC(O)C2. The van der Waals surface area contributed by atoms with E-state index < -0.39 is 27.8 Å². The van der Waals surface area contributed by atoms with E-state index in [2.05, 4.69) is 0 Å². The summed E-state index contributed by atoms with van der Waals surface area (Å²) >= 11 is 0. The van der Waals surface area contributed by atoms with E-state index in [0.717, 1.165) is 12.1 Å². The summed E-state index contributed by atoms with van der Waals surface area (Å²) in [5.74, 6) is -1.82. The van der Waals surface area contributed by atoms with Gasteiger partial charge in [0.25, 0.3) is 0 Å². The highest BCUT2D eigenvalue weighted by molar-refractivity contribution is 7.89. The number of aliphatic hydroxyl groups is 1. The Morgan fingerprint density at radius 3 is 2.05 bits per heavy atom. The van der Waals surface area contributed by atoms with E-state index in [1.165, 1.54) is 4.31 Å². The van der Waals surface area contributed by atoms with Gasteiger partial charge in [-0.25, -0.2) is 17.2 Å². The van der Waals surface area contributed by atoms with Crippen LogP contribution in [0.4, 0.5) is 8.78 Å². The normalized spacial score (nSPS) is 30.6. The fourth-order valence-electron chi connectivity index (χ4n) is 3.30. The second-order valence-electron chi connectivity index (χ2n) is 5.45. The molecule has 110 valence electrons. The topological polar surface area (TPSA) is 57.6 Å². The molecule has 1 aromatic rings. The number of piperidine rings is 1. The highest BCUT2D eigenvalue weighted by Crippen LogP contribution is 2.39. The fraction of sp³-hybridized carbons (Fsp3) is 0.538. The Morgan fingerprint density at radius 1 is 1.05 bits per heavy atom. The number of rotatable bonds is 2. The van der Waals surface area contributed by atoms with Gasteiger partial charge in [0.15, 0.2) is 0 Å². The molecule has 20 heavy (non-hydrogen) atoms. The quantitative estimate of drug-likeness (QED) is 0.903. The van der Waals surface area contributed by atoms with Gasteiger partial charge in [-0.15, -0.1) is 0 Å². The number of aliphatic hydroxyl groups excluding tert-OH is 1. The molecule has 0 aliphatic carbocycles. The third-order valence-electron chi connectivity index (χ3n) is 4.05. The van der Waals surface area contributed by atoms with Crippen molar-refractivity contribution < 1.29 is 22.3 Å². The first-order valence-electron chi connectivity index (χ1n) is 6.55. The predicted molar refractivity (Wildman–Crippen MR) is 67.4 cm³/mol. The molecule has 2 heterocycles. The molecule has 0 saturated carbocycles. The van der Waals surface area contributed by atoms with Gasteiger partial charge in [-0.2, -0.15) is 4.31 Å². The van der Waals surface area contributed by atoms with Crippen molar-refractivity contribution in [1.82, 2.24) is 4.31 Å². The van der Waals surface area contributed by atoms with Crippen LogP contribution in [0.2, 0.25) is 0 Å². The van der Waals surface area contributed by atoms with Crippen LogP contribution in [0, 0.1) is 11.6 Å².